The Kier molecular flexibility index (Phi) is 3.66. The zero-order valence-electron chi connectivity index (χ0n) is 10.1. The molecule has 0 spiro atoms. The van der Waals surface area contributed by atoms with E-state index in [-0.39, 0.29) is 36.8 Å². The first-order valence-corrected chi connectivity index (χ1v) is 6.06. The molecule has 17 heavy (non-hydrogen) atoms. The van der Waals surface area contributed by atoms with Crippen LogP contribution in [0.4, 0.5) is 4.79 Å². The van der Waals surface area contributed by atoms with Gasteiger partial charge in [-0.25, -0.2) is 4.79 Å². The van der Waals surface area contributed by atoms with Gasteiger partial charge in [-0.05, 0) is 26.7 Å². The molecule has 0 aromatic rings. The minimum atomic E-state index is -0.674. The normalized spacial score (nSPS) is 35.0. The molecule has 2 heterocycles. The summed E-state index contributed by atoms with van der Waals surface area (Å²) in [6.45, 7) is 3.72. The number of rotatable bonds is 4. The summed E-state index contributed by atoms with van der Waals surface area (Å²) >= 11 is 0. The molecule has 4 atom stereocenters. The van der Waals surface area contributed by atoms with E-state index in [1.807, 2.05) is 0 Å². The Morgan fingerprint density at radius 1 is 1.41 bits per heavy atom. The molecule has 2 rings (SSSR count). The molecule has 2 bridgehead atoms. The zero-order valence-corrected chi connectivity index (χ0v) is 10.1. The molecule has 2 aliphatic rings. The van der Waals surface area contributed by atoms with Crippen LogP contribution in [-0.4, -0.2) is 37.4 Å². The Hall–Kier alpha value is -1.10. The highest BCUT2D eigenvalue weighted by molar-refractivity contribution is 5.60. The van der Waals surface area contributed by atoms with Gasteiger partial charge in [0.1, 0.15) is 12.9 Å². The van der Waals surface area contributed by atoms with Crippen molar-refractivity contribution < 1.29 is 23.8 Å². The molecule has 0 N–H and O–H groups in total. The number of hydrogen-bond donors (Lipinski definition) is 0. The molecule has 0 saturated carbocycles. The first kappa shape index (κ1) is 12.4. The second kappa shape index (κ2) is 5.04. The van der Waals surface area contributed by atoms with Crippen LogP contribution in [0.15, 0.2) is 0 Å². The van der Waals surface area contributed by atoms with Gasteiger partial charge in [-0.1, -0.05) is 0 Å². The van der Waals surface area contributed by atoms with Gasteiger partial charge in [0, 0.05) is 11.8 Å². The van der Waals surface area contributed by atoms with Crippen LogP contribution in [0.2, 0.25) is 0 Å². The van der Waals surface area contributed by atoms with Crippen LogP contribution in [-0.2, 0) is 19.0 Å². The summed E-state index contributed by atoms with van der Waals surface area (Å²) < 4.78 is 15.5. The number of aldehydes is 1. The highest BCUT2D eigenvalue weighted by atomic mass is 16.7. The Labute approximate surface area is 100 Å². The second-order valence-electron chi connectivity index (χ2n) is 4.90. The molecule has 5 heteroatoms. The van der Waals surface area contributed by atoms with E-state index in [0.29, 0.717) is 0 Å². The van der Waals surface area contributed by atoms with Gasteiger partial charge >= 0.3 is 6.16 Å². The molecule has 2 aliphatic heterocycles. The van der Waals surface area contributed by atoms with Crippen molar-refractivity contribution in [1.82, 2.24) is 0 Å². The summed E-state index contributed by atoms with van der Waals surface area (Å²) in [7, 11) is 0. The van der Waals surface area contributed by atoms with Crippen LogP contribution in [0.5, 0.6) is 0 Å². The maximum atomic E-state index is 11.2. The van der Waals surface area contributed by atoms with Gasteiger partial charge in [-0.3, -0.25) is 0 Å². The summed E-state index contributed by atoms with van der Waals surface area (Å²) in [5.41, 5.74) is 0. The highest BCUT2D eigenvalue weighted by Crippen LogP contribution is 2.42. The van der Waals surface area contributed by atoms with E-state index < -0.39 is 6.16 Å². The minimum Gasteiger partial charge on any atom is -0.434 e. The molecule has 2 saturated heterocycles. The van der Waals surface area contributed by atoms with Crippen molar-refractivity contribution >= 4 is 12.4 Å². The number of ether oxygens (including phenoxy) is 3. The van der Waals surface area contributed by atoms with Gasteiger partial charge in [0.05, 0.1) is 18.3 Å². The quantitative estimate of drug-likeness (QED) is 0.552. The number of fused-ring (bicyclic) bond motifs is 2. The number of carbonyl (C=O) groups is 2. The van der Waals surface area contributed by atoms with E-state index in [1.165, 1.54) is 0 Å². The Morgan fingerprint density at radius 2 is 2.12 bits per heavy atom. The maximum absolute atomic E-state index is 11.2. The van der Waals surface area contributed by atoms with E-state index in [2.05, 4.69) is 0 Å². The van der Waals surface area contributed by atoms with E-state index in [1.54, 1.807) is 13.8 Å². The maximum Gasteiger partial charge on any atom is 0.508 e. The van der Waals surface area contributed by atoms with Crippen LogP contribution < -0.4 is 0 Å². The highest BCUT2D eigenvalue weighted by Gasteiger charge is 2.49. The van der Waals surface area contributed by atoms with E-state index >= 15 is 0 Å². The smallest absolute Gasteiger partial charge is 0.434 e. The topological polar surface area (TPSA) is 61.8 Å². The van der Waals surface area contributed by atoms with E-state index in [4.69, 9.17) is 14.2 Å². The second-order valence-corrected chi connectivity index (χ2v) is 4.90. The first-order chi connectivity index (χ1) is 8.11. The molecule has 0 aromatic heterocycles. The summed E-state index contributed by atoms with van der Waals surface area (Å²) in [6, 6.07) is 0. The fourth-order valence-corrected chi connectivity index (χ4v) is 2.61. The van der Waals surface area contributed by atoms with Crippen molar-refractivity contribution in [1.29, 1.82) is 0 Å². The molecule has 0 aliphatic carbocycles. The van der Waals surface area contributed by atoms with Crippen LogP contribution in [0, 0.1) is 11.8 Å². The molecule has 0 radical (unpaired) electrons. The molecule has 0 aromatic carbocycles. The number of carbonyl (C=O) groups excluding carboxylic acids is 2. The molecule has 4 unspecified atom stereocenters. The fraction of sp³-hybridized carbons (Fsp3) is 0.833. The van der Waals surface area contributed by atoms with Crippen LogP contribution in [0.3, 0.4) is 0 Å². The predicted octanol–water partition coefficient (Wildman–Crippen LogP) is 1.54. The zero-order chi connectivity index (χ0) is 12.4. The van der Waals surface area contributed by atoms with Gasteiger partial charge in [-0.2, -0.15) is 0 Å². The van der Waals surface area contributed by atoms with Crippen molar-refractivity contribution in [2.45, 2.75) is 45.0 Å². The summed E-state index contributed by atoms with van der Waals surface area (Å²) in [6.07, 6.45) is 2.01. The van der Waals surface area contributed by atoms with Crippen molar-refractivity contribution in [3.8, 4) is 0 Å². The molecule has 2 fully saturated rings. The van der Waals surface area contributed by atoms with Crippen LogP contribution in [0.1, 0.15) is 26.7 Å². The van der Waals surface area contributed by atoms with Gasteiger partial charge in [-0.15, -0.1) is 0 Å². The van der Waals surface area contributed by atoms with E-state index in [0.717, 1.165) is 19.1 Å². The molecule has 0 amide bonds. The lowest BCUT2D eigenvalue weighted by atomic mass is 9.81. The lowest BCUT2D eigenvalue weighted by Crippen LogP contribution is -2.32. The Morgan fingerprint density at radius 3 is 2.76 bits per heavy atom. The van der Waals surface area contributed by atoms with Crippen molar-refractivity contribution in [2.24, 2.45) is 11.8 Å². The first-order valence-electron chi connectivity index (χ1n) is 6.06. The summed E-state index contributed by atoms with van der Waals surface area (Å²) in [5, 5.41) is 0. The number of hydrogen-bond acceptors (Lipinski definition) is 5. The third kappa shape index (κ3) is 2.60. The largest absolute Gasteiger partial charge is 0.508 e. The average Bonchev–Trinajstić information content (AvgIpc) is 2.84. The van der Waals surface area contributed by atoms with Crippen LogP contribution >= 0.6 is 0 Å². The molecule has 5 nitrogen and oxygen atoms in total. The van der Waals surface area contributed by atoms with Gasteiger partial charge in [0.25, 0.3) is 0 Å². The SMILES string of the molecule is CC(C)OC(=O)OCC1C2CCC(O2)C1C=O. The minimum absolute atomic E-state index is 0.00837. The summed E-state index contributed by atoms with van der Waals surface area (Å²) in [5.74, 6) is -0.147. The molecule has 96 valence electrons. The lowest BCUT2D eigenvalue weighted by Gasteiger charge is -2.23. The average molecular weight is 242 g/mol. The predicted molar refractivity (Wildman–Crippen MR) is 58.5 cm³/mol. The van der Waals surface area contributed by atoms with E-state index in [9.17, 15) is 9.59 Å². The standard InChI is InChI=1S/C12H18O5/c1-7(2)16-12(14)15-6-9-8(5-13)10-3-4-11(9)17-10/h5,7-11H,3-4,6H2,1-2H3. The van der Waals surface area contributed by atoms with Crippen molar-refractivity contribution in [3.63, 3.8) is 0 Å². The molecular formula is C12H18O5. The monoisotopic (exact) mass is 242 g/mol. The van der Waals surface area contributed by atoms with Crippen LogP contribution in [0.25, 0.3) is 0 Å². The molecular weight excluding hydrogens is 224 g/mol. The van der Waals surface area contributed by atoms with Crippen molar-refractivity contribution in [2.75, 3.05) is 6.61 Å². The van der Waals surface area contributed by atoms with Crippen molar-refractivity contribution in [3.05, 3.63) is 0 Å². The fourth-order valence-electron chi connectivity index (χ4n) is 2.61. The van der Waals surface area contributed by atoms with Gasteiger partial charge in [0.15, 0.2) is 0 Å². The van der Waals surface area contributed by atoms with Gasteiger partial charge in [0.2, 0.25) is 0 Å². The lowest BCUT2D eigenvalue weighted by molar-refractivity contribution is -0.114. The Bertz CT molecular complexity index is 301. The van der Waals surface area contributed by atoms with Gasteiger partial charge < -0.3 is 19.0 Å². The summed E-state index contributed by atoms with van der Waals surface area (Å²) in [4.78, 5) is 22.2. The third-order valence-electron chi connectivity index (χ3n) is 3.37. The third-order valence-corrected chi connectivity index (χ3v) is 3.37. The Balaban J connectivity index is 1.82.